The lowest BCUT2D eigenvalue weighted by atomic mass is 10.1. The minimum Gasteiger partial charge on any atom is -0.493 e. The third-order valence-corrected chi connectivity index (χ3v) is 9.03. The van der Waals surface area contributed by atoms with Gasteiger partial charge in [-0.1, -0.05) is 23.8 Å². The molecule has 2 aromatic carbocycles. The van der Waals surface area contributed by atoms with E-state index in [9.17, 15) is 14.4 Å². The van der Waals surface area contributed by atoms with Gasteiger partial charge in [0.2, 0.25) is 0 Å². The summed E-state index contributed by atoms with van der Waals surface area (Å²) in [6.45, 7) is 9.14. The lowest BCUT2D eigenvalue weighted by Crippen LogP contribution is -2.32. The fourth-order valence-corrected chi connectivity index (χ4v) is 6.43. The standard InChI is InChI=1S/C39H45N5O8/c1-5-11-52-39(47)40-10-9-14-51-34-18-30-32(42-22-28-16-26(3)24-44(28)38(30)46)20-36(34)50-13-8-6-7-12-49-35-19-31-29(17-33(35)48-4)37(45)43-23-25(2)15-27(43)21-41-31/h5,17-24,27-28H,1,6-16H2,2-4H3,(H,40,47)/t27-,28-/m0/s1. The van der Waals surface area contributed by atoms with Gasteiger partial charge in [0.1, 0.15) is 6.61 Å². The maximum Gasteiger partial charge on any atom is 0.407 e. The number of hydrogen-bond acceptors (Lipinski definition) is 10. The molecule has 4 aliphatic rings. The second-order valence-electron chi connectivity index (χ2n) is 13.1. The Kier molecular flexibility index (Phi) is 11.6. The maximum absolute atomic E-state index is 13.5. The summed E-state index contributed by atoms with van der Waals surface area (Å²) in [5.41, 5.74) is 4.27. The first-order valence-electron chi connectivity index (χ1n) is 17.6. The molecule has 4 heterocycles. The van der Waals surface area contributed by atoms with E-state index in [1.54, 1.807) is 41.2 Å². The zero-order chi connectivity index (χ0) is 36.6. The smallest absolute Gasteiger partial charge is 0.407 e. The third-order valence-electron chi connectivity index (χ3n) is 9.03. The lowest BCUT2D eigenvalue weighted by molar-refractivity contribution is 0.0809. The van der Waals surface area contributed by atoms with Crippen molar-refractivity contribution in [3.05, 3.63) is 71.6 Å². The number of unbranched alkanes of at least 4 members (excludes halogenated alkanes) is 2. The average Bonchev–Trinajstić information content (AvgIpc) is 3.65. The van der Waals surface area contributed by atoms with Crippen LogP contribution in [0.1, 0.15) is 73.1 Å². The number of benzene rings is 2. The van der Waals surface area contributed by atoms with Crippen LogP contribution in [-0.4, -0.2) is 92.3 Å². The molecule has 0 unspecified atom stereocenters. The Labute approximate surface area is 303 Å². The SMILES string of the molecule is C=CCOC(=O)NCCCOc1cc2c(cc1OCCCCCOc1cc3c(cc1OC)C(=O)N1C=C(C)C[C@H]1C=N3)N=C[C@@H]1CC(C)=CN1C2=O. The number of nitrogens with zero attached hydrogens (tertiary/aromatic N) is 4. The van der Waals surface area contributed by atoms with Crippen molar-refractivity contribution in [1.82, 2.24) is 15.1 Å². The van der Waals surface area contributed by atoms with Gasteiger partial charge in [-0.25, -0.2) is 4.79 Å². The number of amides is 3. The summed E-state index contributed by atoms with van der Waals surface area (Å²) in [6, 6.07) is 6.72. The number of rotatable bonds is 16. The van der Waals surface area contributed by atoms with Crippen molar-refractivity contribution in [1.29, 1.82) is 0 Å². The number of methoxy groups -OCH3 is 1. The molecule has 0 fully saturated rings. The number of nitrogens with one attached hydrogen (secondary N) is 1. The van der Waals surface area contributed by atoms with Crippen molar-refractivity contribution in [2.45, 2.75) is 64.5 Å². The highest BCUT2D eigenvalue weighted by atomic mass is 16.5. The molecule has 52 heavy (non-hydrogen) atoms. The van der Waals surface area contributed by atoms with Crippen molar-refractivity contribution in [2.24, 2.45) is 9.98 Å². The van der Waals surface area contributed by atoms with E-state index in [2.05, 4.69) is 21.9 Å². The Hall–Kier alpha value is -5.59. The van der Waals surface area contributed by atoms with E-state index in [4.69, 9.17) is 23.7 Å². The highest BCUT2D eigenvalue weighted by Crippen LogP contribution is 2.40. The summed E-state index contributed by atoms with van der Waals surface area (Å²) in [4.78, 5) is 51.2. The molecular formula is C39H45N5O8. The van der Waals surface area contributed by atoms with Crippen LogP contribution >= 0.6 is 0 Å². The van der Waals surface area contributed by atoms with E-state index in [0.29, 0.717) is 71.7 Å². The molecule has 2 atom stereocenters. The van der Waals surface area contributed by atoms with Crippen LogP contribution < -0.4 is 24.3 Å². The summed E-state index contributed by atoms with van der Waals surface area (Å²) >= 11 is 0. The monoisotopic (exact) mass is 711 g/mol. The fourth-order valence-electron chi connectivity index (χ4n) is 6.43. The van der Waals surface area contributed by atoms with Gasteiger partial charge in [-0.2, -0.15) is 0 Å². The molecule has 0 saturated heterocycles. The van der Waals surface area contributed by atoms with Crippen molar-refractivity contribution in [3.63, 3.8) is 0 Å². The van der Waals surface area contributed by atoms with Crippen LogP contribution in [-0.2, 0) is 4.74 Å². The minimum absolute atomic E-state index is 0.0807. The molecule has 3 amide bonds. The Morgan fingerprint density at radius 2 is 1.29 bits per heavy atom. The van der Waals surface area contributed by atoms with E-state index in [0.717, 1.165) is 43.3 Å². The van der Waals surface area contributed by atoms with E-state index in [1.807, 2.05) is 38.7 Å². The number of aliphatic imine (C=N–C) groups is 2. The van der Waals surface area contributed by atoms with Crippen LogP contribution in [0.2, 0.25) is 0 Å². The predicted molar refractivity (Wildman–Crippen MR) is 197 cm³/mol. The molecule has 4 aliphatic heterocycles. The van der Waals surface area contributed by atoms with Gasteiger partial charge in [0.25, 0.3) is 11.8 Å². The number of hydrogen-bond donors (Lipinski definition) is 1. The first kappa shape index (κ1) is 36.2. The topological polar surface area (TPSA) is 141 Å². The molecule has 13 nitrogen and oxygen atoms in total. The number of fused-ring (bicyclic) bond motifs is 4. The first-order valence-corrected chi connectivity index (χ1v) is 17.6. The molecule has 1 N–H and O–H groups in total. The molecule has 0 aromatic heterocycles. The highest BCUT2D eigenvalue weighted by Gasteiger charge is 2.33. The van der Waals surface area contributed by atoms with Crippen molar-refractivity contribution < 1.29 is 38.1 Å². The summed E-state index contributed by atoms with van der Waals surface area (Å²) in [5.74, 6) is 1.69. The molecule has 6 rings (SSSR count). The number of carbonyl (C=O) groups excluding carboxylic acids is 3. The third kappa shape index (κ3) is 8.30. The summed E-state index contributed by atoms with van der Waals surface area (Å²) in [5, 5.41) is 2.67. The van der Waals surface area contributed by atoms with Gasteiger partial charge >= 0.3 is 6.09 Å². The molecule has 2 aromatic rings. The molecule has 13 heteroatoms. The Bertz CT molecular complexity index is 1830. The van der Waals surface area contributed by atoms with Gasteiger partial charge in [0.15, 0.2) is 23.0 Å². The summed E-state index contributed by atoms with van der Waals surface area (Å²) in [7, 11) is 1.56. The zero-order valence-electron chi connectivity index (χ0n) is 29.9. The van der Waals surface area contributed by atoms with Crippen LogP contribution in [0.25, 0.3) is 0 Å². The van der Waals surface area contributed by atoms with E-state index < -0.39 is 6.09 Å². The number of alkyl carbamates (subject to hydrolysis) is 1. The molecule has 0 radical (unpaired) electrons. The number of carbonyl (C=O) groups is 3. The van der Waals surface area contributed by atoms with Crippen molar-refractivity contribution in [2.75, 3.05) is 40.1 Å². The van der Waals surface area contributed by atoms with Crippen molar-refractivity contribution in [3.8, 4) is 23.0 Å². The van der Waals surface area contributed by atoms with Gasteiger partial charge in [-0.3, -0.25) is 19.6 Å². The van der Waals surface area contributed by atoms with Crippen LogP contribution in [0.5, 0.6) is 23.0 Å². The molecule has 0 saturated carbocycles. The Balaban J connectivity index is 1.03. The van der Waals surface area contributed by atoms with Crippen LogP contribution in [0.15, 0.2) is 70.5 Å². The van der Waals surface area contributed by atoms with Gasteiger partial charge in [-0.15, -0.1) is 0 Å². The largest absolute Gasteiger partial charge is 0.493 e. The molecule has 0 aliphatic carbocycles. The van der Waals surface area contributed by atoms with Gasteiger partial charge < -0.3 is 38.8 Å². The lowest BCUT2D eigenvalue weighted by Gasteiger charge is -2.19. The van der Waals surface area contributed by atoms with Gasteiger partial charge in [-0.05, 0) is 64.5 Å². The van der Waals surface area contributed by atoms with Crippen LogP contribution in [0, 0.1) is 0 Å². The maximum atomic E-state index is 13.5. The highest BCUT2D eigenvalue weighted by molar-refractivity contribution is 6.05. The normalized spacial score (nSPS) is 18.3. The van der Waals surface area contributed by atoms with Crippen LogP contribution in [0.3, 0.4) is 0 Å². The first-order chi connectivity index (χ1) is 25.2. The number of ether oxygens (including phenoxy) is 5. The van der Waals surface area contributed by atoms with E-state index >= 15 is 0 Å². The molecule has 0 spiro atoms. The quantitative estimate of drug-likeness (QED) is 0.150. The van der Waals surface area contributed by atoms with Crippen LogP contribution in [0.4, 0.5) is 16.2 Å². The second-order valence-corrected chi connectivity index (χ2v) is 13.1. The summed E-state index contributed by atoms with van der Waals surface area (Å²) in [6.07, 6.45) is 12.7. The average molecular weight is 712 g/mol. The molecule has 0 bridgehead atoms. The Morgan fingerprint density at radius 3 is 1.83 bits per heavy atom. The zero-order valence-corrected chi connectivity index (χ0v) is 29.9. The van der Waals surface area contributed by atoms with Gasteiger partial charge in [0.05, 0.1) is 61.5 Å². The minimum atomic E-state index is -0.526. The van der Waals surface area contributed by atoms with E-state index in [-0.39, 0.29) is 37.1 Å². The molecular weight excluding hydrogens is 666 g/mol. The fraction of sp³-hybridized carbons (Fsp3) is 0.410. The predicted octanol–water partition coefficient (Wildman–Crippen LogP) is 6.67. The second kappa shape index (κ2) is 16.6. The summed E-state index contributed by atoms with van der Waals surface area (Å²) < 4.78 is 28.9. The Morgan fingerprint density at radius 1 is 0.788 bits per heavy atom. The van der Waals surface area contributed by atoms with Crippen molar-refractivity contribution >= 4 is 41.7 Å². The molecule has 274 valence electrons. The van der Waals surface area contributed by atoms with E-state index in [1.165, 1.54) is 6.08 Å². The van der Waals surface area contributed by atoms with Gasteiger partial charge in [0, 0.05) is 43.5 Å².